The van der Waals surface area contributed by atoms with Crippen LogP contribution in [0.1, 0.15) is 15.9 Å². The van der Waals surface area contributed by atoms with E-state index in [1.54, 1.807) is 6.92 Å². The van der Waals surface area contributed by atoms with Gasteiger partial charge in [-0.1, -0.05) is 23.2 Å². The number of carbonyl (C=O) groups is 1. The highest BCUT2D eigenvalue weighted by molar-refractivity contribution is 6.42. The normalized spacial score (nSPS) is 10.5. The van der Waals surface area contributed by atoms with Gasteiger partial charge in [-0.05, 0) is 36.8 Å². The number of aryl methyl sites for hydroxylation is 1. The van der Waals surface area contributed by atoms with Crippen molar-refractivity contribution in [3.05, 3.63) is 79.9 Å². The standard InChI is InChI=1S/C18H12Cl2FN3O3/c1-9-4-10(21)2-3-15(9)27-16-7-14(20)13(19)6-12(16)18(26)23-11-5-17(25)24-22-8-11/h2-8H,1H3,(H2,23,24,25,26). The summed E-state index contributed by atoms with van der Waals surface area (Å²) >= 11 is 12.1. The van der Waals surface area contributed by atoms with Crippen molar-refractivity contribution in [2.45, 2.75) is 6.92 Å². The van der Waals surface area contributed by atoms with Crippen molar-refractivity contribution in [1.82, 2.24) is 10.2 Å². The van der Waals surface area contributed by atoms with Crippen LogP contribution in [0, 0.1) is 12.7 Å². The summed E-state index contributed by atoms with van der Waals surface area (Å²) in [6, 6.07) is 7.88. The van der Waals surface area contributed by atoms with Gasteiger partial charge in [0, 0.05) is 12.1 Å². The molecule has 0 aliphatic heterocycles. The van der Waals surface area contributed by atoms with Crippen LogP contribution >= 0.6 is 23.2 Å². The first-order valence-corrected chi connectivity index (χ1v) is 8.38. The number of anilines is 1. The lowest BCUT2D eigenvalue weighted by Crippen LogP contribution is -2.16. The van der Waals surface area contributed by atoms with Gasteiger partial charge in [-0.3, -0.25) is 9.59 Å². The number of carbonyl (C=O) groups excluding carboxylic acids is 1. The molecule has 27 heavy (non-hydrogen) atoms. The highest BCUT2D eigenvalue weighted by Gasteiger charge is 2.18. The summed E-state index contributed by atoms with van der Waals surface area (Å²) in [5.41, 5.74) is 0.332. The second-order valence-corrected chi connectivity index (χ2v) is 6.38. The molecular formula is C18H12Cl2FN3O3. The molecule has 3 rings (SSSR count). The van der Waals surface area contributed by atoms with Gasteiger partial charge in [0.15, 0.2) is 0 Å². The number of aromatic amines is 1. The largest absolute Gasteiger partial charge is 0.456 e. The van der Waals surface area contributed by atoms with E-state index in [1.807, 2.05) is 0 Å². The molecular weight excluding hydrogens is 396 g/mol. The van der Waals surface area contributed by atoms with Crippen LogP contribution in [-0.4, -0.2) is 16.1 Å². The number of hydrogen-bond acceptors (Lipinski definition) is 4. The summed E-state index contributed by atoms with van der Waals surface area (Å²) in [6.45, 7) is 1.66. The van der Waals surface area contributed by atoms with Crippen LogP contribution in [0.5, 0.6) is 11.5 Å². The number of benzene rings is 2. The minimum Gasteiger partial charge on any atom is -0.456 e. The van der Waals surface area contributed by atoms with E-state index in [0.29, 0.717) is 11.3 Å². The molecule has 0 radical (unpaired) electrons. The van der Waals surface area contributed by atoms with Crippen molar-refractivity contribution >= 4 is 34.8 Å². The van der Waals surface area contributed by atoms with E-state index >= 15 is 0 Å². The molecule has 0 atom stereocenters. The number of hydrogen-bond donors (Lipinski definition) is 2. The van der Waals surface area contributed by atoms with Gasteiger partial charge in [0.05, 0.1) is 27.5 Å². The summed E-state index contributed by atoms with van der Waals surface area (Å²) in [7, 11) is 0. The summed E-state index contributed by atoms with van der Waals surface area (Å²) in [4.78, 5) is 24.0. The number of aromatic nitrogens is 2. The zero-order valence-electron chi connectivity index (χ0n) is 13.8. The van der Waals surface area contributed by atoms with Crippen molar-refractivity contribution in [3.8, 4) is 11.5 Å². The molecule has 1 aromatic heterocycles. The maximum atomic E-state index is 13.3. The minimum atomic E-state index is -0.587. The highest BCUT2D eigenvalue weighted by atomic mass is 35.5. The average Bonchev–Trinajstić information content (AvgIpc) is 2.60. The smallest absolute Gasteiger partial charge is 0.266 e. The zero-order chi connectivity index (χ0) is 19.6. The van der Waals surface area contributed by atoms with Crippen LogP contribution in [-0.2, 0) is 0 Å². The predicted octanol–water partition coefficient (Wildman–Crippen LogP) is 4.57. The number of H-pyrrole nitrogens is 1. The Kier molecular flexibility index (Phi) is 5.43. The molecule has 0 saturated heterocycles. The first-order chi connectivity index (χ1) is 12.8. The fourth-order valence-electron chi connectivity index (χ4n) is 2.28. The SMILES string of the molecule is Cc1cc(F)ccc1Oc1cc(Cl)c(Cl)cc1C(=O)Nc1cn[nH]c(=O)c1. The van der Waals surface area contributed by atoms with E-state index in [4.69, 9.17) is 27.9 Å². The van der Waals surface area contributed by atoms with Gasteiger partial charge in [0.2, 0.25) is 0 Å². The third kappa shape index (κ3) is 4.45. The third-order valence-electron chi connectivity index (χ3n) is 3.55. The predicted molar refractivity (Wildman–Crippen MR) is 100 cm³/mol. The number of rotatable bonds is 4. The number of nitrogens with zero attached hydrogens (tertiary/aromatic N) is 1. The van der Waals surface area contributed by atoms with Crippen LogP contribution in [0.4, 0.5) is 10.1 Å². The maximum Gasteiger partial charge on any atom is 0.266 e. The van der Waals surface area contributed by atoms with Crippen molar-refractivity contribution < 1.29 is 13.9 Å². The molecule has 1 amide bonds. The van der Waals surface area contributed by atoms with Crippen LogP contribution in [0.25, 0.3) is 0 Å². The van der Waals surface area contributed by atoms with Crippen molar-refractivity contribution in [2.75, 3.05) is 5.32 Å². The van der Waals surface area contributed by atoms with Gasteiger partial charge in [-0.25, -0.2) is 9.49 Å². The monoisotopic (exact) mass is 407 g/mol. The molecule has 0 bridgehead atoms. The van der Waals surface area contributed by atoms with Gasteiger partial charge in [-0.2, -0.15) is 5.10 Å². The third-order valence-corrected chi connectivity index (χ3v) is 4.27. The molecule has 1 heterocycles. The lowest BCUT2D eigenvalue weighted by Gasteiger charge is -2.14. The summed E-state index contributed by atoms with van der Waals surface area (Å²) in [5.74, 6) is -0.527. The Morgan fingerprint density at radius 2 is 1.89 bits per heavy atom. The fourth-order valence-corrected chi connectivity index (χ4v) is 2.60. The molecule has 0 aliphatic carbocycles. The molecule has 138 valence electrons. The van der Waals surface area contributed by atoms with E-state index in [-0.39, 0.29) is 27.0 Å². The van der Waals surface area contributed by atoms with E-state index in [9.17, 15) is 14.0 Å². The zero-order valence-corrected chi connectivity index (χ0v) is 15.4. The molecule has 9 heteroatoms. The molecule has 0 aliphatic rings. The van der Waals surface area contributed by atoms with E-state index in [2.05, 4.69) is 15.5 Å². The van der Waals surface area contributed by atoms with Gasteiger partial charge in [-0.15, -0.1) is 0 Å². The second-order valence-electron chi connectivity index (χ2n) is 5.56. The maximum absolute atomic E-state index is 13.3. The topological polar surface area (TPSA) is 84.1 Å². The Bertz CT molecular complexity index is 1090. The number of nitrogens with one attached hydrogen (secondary N) is 2. The van der Waals surface area contributed by atoms with Crippen molar-refractivity contribution in [1.29, 1.82) is 0 Å². The lowest BCUT2D eigenvalue weighted by molar-refractivity contribution is 0.102. The van der Waals surface area contributed by atoms with Gasteiger partial charge >= 0.3 is 0 Å². The second kappa shape index (κ2) is 7.77. The average molecular weight is 408 g/mol. The Balaban J connectivity index is 1.97. The number of halogens is 3. The van der Waals surface area contributed by atoms with Gasteiger partial charge in [0.1, 0.15) is 17.3 Å². The Hall–Kier alpha value is -2.90. The minimum absolute atomic E-state index is 0.0772. The van der Waals surface area contributed by atoms with Crippen molar-refractivity contribution in [3.63, 3.8) is 0 Å². The summed E-state index contributed by atoms with van der Waals surface area (Å²) in [6.07, 6.45) is 1.28. The summed E-state index contributed by atoms with van der Waals surface area (Å²) < 4.78 is 19.1. The van der Waals surface area contributed by atoms with E-state index in [1.165, 1.54) is 42.6 Å². The van der Waals surface area contributed by atoms with Crippen LogP contribution in [0.3, 0.4) is 0 Å². The Morgan fingerprint density at radius 3 is 2.59 bits per heavy atom. The molecule has 2 N–H and O–H groups in total. The number of amides is 1. The quantitative estimate of drug-likeness (QED) is 0.663. The highest BCUT2D eigenvalue weighted by Crippen LogP contribution is 2.35. The van der Waals surface area contributed by atoms with E-state index < -0.39 is 17.3 Å². The Labute approximate surface area is 162 Å². The van der Waals surface area contributed by atoms with Gasteiger partial charge in [0.25, 0.3) is 11.5 Å². The molecule has 2 aromatic carbocycles. The molecule has 3 aromatic rings. The van der Waals surface area contributed by atoms with E-state index in [0.717, 1.165) is 0 Å². The van der Waals surface area contributed by atoms with Crippen LogP contribution < -0.4 is 15.6 Å². The first kappa shape index (κ1) is 18.9. The van der Waals surface area contributed by atoms with Crippen molar-refractivity contribution in [2.24, 2.45) is 0 Å². The lowest BCUT2D eigenvalue weighted by atomic mass is 10.1. The molecule has 0 spiro atoms. The molecule has 0 unspecified atom stereocenters. The molecule has 0 saturated carbocycles. The first-order valence-electron chi connectivity index (χ1n) is 7.62. The van der Waals surface area contributed by atoms with Crippen LogP contribution in [0.15, 0.2) is 47.4 Å². The molecule has 0 fully saturated rings. The molecule has 6 nitrogen and oxygen atoms in total. The number of ether oxygens (including phenoxy) is 1. The van der Waals surface area contributed by atoms with Gasteiger partial charge < -0.3 is 10.1 Å². The van der Waals surface area contributed by atoms with Crippen LogP contribution in [0.2, 0.25) is 10.0 Å². The summed E-state index contributed by atoms with van der Waals surface area (Å²) in [5, 5.41) is 8.67. The Morgan fingerprint density at radius 1 is 1.15 bits per heavy atom. The fraction of sp³-hybridized carbons (Fsp3) is 0.0556.